The van der Waals surface area contributed by atoms with Crippen LogP contribution in [0.3, 0.4) is 0 Å². The smallest absolute Gasteiger partial charge is 0.295 e. The molecule has 0 aliphatic heterocycles. The van der Waals surface area contributed by atoms with E-state index >= 15 is 0 Å². The first-order chi connectivity index (χ1) is 12.0. The predicted octanol–water partition coefficient (Wildman–Crippen LogP) is 3.18. The Hall–Kier alpha value is -2.87. The summed E-state index contributed by atoms with van der Waals surface area (Å²) >= 11 is 1.16. The Morgan fingerprint density at radius 3 is 2.44 bits per heavy atom. The minimum Gasteiger partial charge on any atom is -0.472 e. The third-order valence-corrected chi connectivity index (χ3v) is 4.28. The maximum absolute atomic E-state index is 12.7. The number of amides is 1. The van der Waals surface area contributed by atoms with Crippen LogP contribution in [0.5, 0.6) is 5.19 Å². The van der Waals surface area contributed by atoms with Gasteiger partial charge in [0.05, 0.1) is 12.7 Å². The van der Waals surface area contributed by atoms with Gasteiger partial charge in [0.1, 0.15) is 0 Å². The third kappa shape index (κ3) is 3.80. The van der Waals surface area contributed by atoms with Gasteiger partial charge in [-0.15, -0.1) is 5.10 Å². The molecule has 3 aromatic heterocycles. The molecule has 128 valence electrons. The molecule has 0 spiro atoms. The van der Waals surface area contributed by atoms with Crippen LogP contribution in [0.4, 0.5) is 5.13 Å². The molecule has 0 saturated heterocycles. The van der Waals surface area contributed by atoms with Crippen LogP contribution in [-0.4, -0.2) is 33.2 Å². The average molecular weight is 355 g/mol. The molecule has 0 saturated carbocycles. The van der Waals surface area contributed by atoms with Crippen LogP contribution < -0.4 is 10.1 Å². The number of nitrogens with one attached hydrogen (secondary N) is 1. The number of carbonyl (C=O) groups excluding carboxylic acids is 1. The number of methoxy groups -OCH3 is 1. The molecule has 0 radical (unpaired) electrons. The first-order valence-electron chi connectivity index (χ1n) is 7.57. The van der Waals surface area contributed by atoms with Gasteiger partial charge in [-0.05, 0) is 61.4 Å². The van der Waals surface area contributed by atoms with Crippen LogP contribution in [0.25, 0.3) is 11.1 Å². The lowest BCUT2D eigenvalue weighted by molar-refractivity contribution is 0.102. The van der Waals surface area contributed by atoms with Gasteiger partial charge in [-0.3, -0.25) is 20.1 Å². The number of aromatic nitrogens is 4. The Morgan fingerprint density at radius 1 is 1.08 bits per heavy atom. The first kappa shape index (κ1) is 17.0. The molecule has 3 aromatic rings. The SMILES string of the molecule is COc1nnc(NC(=O)c2cnc(C)cc2-c2cc(C)nc(C)c2)s1. The zero-order chi connectivity index (χ0) is 18.0. The number of aryl methyl sites for hydroxylation is 3. The van der Waals surface area contributed by atoms with Gasteiger partial charge < -0.3 is 4.74 Å². The zero-order valence-corrected chi connectivity index (χ0v) is 15.1. The monoisotopic (exact) mass is 355 g/mol. The van der Waals surface area contributed by atoms with Crippen molar-refractivity contribution in [2.45, 2.75) is 20.8 Å². The van der Waals surface area contributed by atoms with Crippen LogP contribution in [0, 0.1) is 20.8 Å². The summed E-state index contributed by atoms with van der Waals surface area (Å²) in [6.45, 7) is 5.75. The van der Waals surface area contributed by atoms with Crippen LogP contribution >= 0.6 is 11.3 Å². The van der Waals surface area contributed by atoms with Crippen LogP contribution in [-0.2, 0) is 0 Å². The summed E-state index contributed by atoms with van der Waals surface area (Å²) < 4.78 is 4.99. The zero-order valence-electron chi connectivity index (χ0n) is 14.3. The second-order valence-electron chi connectivity index (χ2n) is 5.54. The third-order valence-electron chi connectivity index (χ3n) is 3.48. The molecule has 8 heteroatoms. The number of nitrogens with zero attached hydrogens (tertiary/aromatic N) is 4. The highest BCUT2D eigenvalue weighted by molar-refractivity contribution is 7.17. The highest BCUT2D eigenvalue weighted by atomic mass is 32.1. The average Bonchev–Trinajstić information content (AvgIpc) is 3.01. The molecule has 3 rings (SSSR count). The fourth-order valence-corrected chi connectivity index (χ4v) is 3.03. The van der Waals surface area contributed by atoms with Crippen molar-refractivity contribution in [1.29, 1.82) is 0 Å². The van der Waals surface area contributed by atoms with Gasteiger partial charge in [-0.25, -0.2) is 0 Å². The van der Waals surface area contributed by atoms with Crippen LogP contribution in [0.15, 0.2) is 24.4 Å². The number of rotatable bonds is 4. The molecule has 1 amide bonds. The molecule has 7 nitrogen and oxygen atoms in total. The molecule has 0 aliphatic rings. The molecule has 0 bridgehead atoms. The summed E-state index contributed by atoms with van der Waals surface area (Å²) in [4.78, 5) is 21.4. The van der Waals surface area contributed by atoms with Crippen LogP contribution in [0.1, 0.15) is 27.4 Å². The predicted molar refractivity (Wildman–Crippen MR) is 96.1 cm³/mol. The summed E-state index contributed by atoms with van der Waals surface area (Å²) in [5, 5.41) is 11.2. The Balaban J connectivity index is 1.99. The molecule has 0 fully saturated rings. The second-order valence-corrected chi connectivity index (χ2v) is 6.48. The van der Waals surface area contributed by atoms with E-state index in [1.54, 1.807) is 6.20 Å². The molecule has 0 atom stereocenters. The Bertz CT molecular complexity index is 918. The van der Waals surface area contributed by atoms with E-state index in [0.29, 0.717) is 15.9 Å². The van der Waals surface area contributed by atoms with Crippen molar-refractivity contribution in [2.75, 3.05) is 12.4 Å². The lowest BCUT2D eigenvalue weighted by Crippen LogP contribution is -2.14. The van der Waals surface area contributed by atoms with Gasteiger partial charge in [-0.1, -0.05) is 5.10 Å². The molecular formula is C17H17N5O2S. The standard InChI is InChI=1S/C17H17N5O2S/c1-9-7-13(12-5-10(2)19-11(3)6-12)14(8-18-9)15(23)20-16-21-22-17(24-4)25-16/h5-8H,1-4H3,(H,20,21,23). The van der Waals surface area contributed by atoms with E-state index in [1.807, 2.05) is 39.0 Å². The van der Waals surface area contributed by atoms with Crippen molar-refractivity contribution >= 4 is 22.4 Å². The molecule has 3 heterocycles. The van der Waals surface area contributed by atoms with E-state index in [4.69, 9.17) is 4.74 Å². The Kier molecular flexibility index (Phi) is 4.71. The molecule has 0 aromatic carbocycles. The minimum absolute atomic E-state index is 0.298. The summed E-state index contributed by atoms with van der Waals surface area (Å²) in [5.74, 6) is -0.298. The highest BCUT2D eigenvalue weighted by Gasteiger charge is 2.17. The summed E-state index contributed by atoms with van der Waals surface area (Å²) in [6.07, 6.45) is 1.57. The number of carbonyl (C=O) groups is 1. The largest absolute Gasteiger partial charge is 0.472 e. The Morgan fingerprint density at radius 2 is 1.80 bits per heavy atom. The maximum atomic E-state index is 12.7. The van der Waals surface area contributed by atoms with Gasteiger partial charge in [-0.2, -0.15) is 0 Å². The number of anilines is 1. The lowest BCUT2D eigenvalue weighted by Gasteiger charge is -2.11. The van der Waals surface area contributed by atoms with Crippen molar-refractivity contribution < 1.29 is 9.53 Å². The van der Waals surface area contributed by atoms with Gasteiger partial charge in [0.15, 0.2) is 0 Å². The van der Waals surface area contributed by atoms with Gasteiger partial charge in [0, 0.05) is 23.3 Å². The van der Waals surface area contributed by atoms with Crippen molar-refractivity contribution in [2.24, 2.45) is 0 Å². The lowest BCUT2D eigenvalue weighted by atomic mass is 9.99. The van der Waals surface area contributed by atoms with Gasteiger partial charge >= 0.3 is 0 Å². The number of ether oxygens (including phenoxy) is 1. The van der Waals surface area contributed by atoms with Crippen molar-refractivity contribution in [3.05, 3.63) is 47.0 Å². The molecule has 0 unspecified atom stereocenters. The van der Waals surface area contributed by atoms with E-state index < -0.39 is 0 Å². The number of hydrogen-bond donors (Lipinski definition) is 1. The van der Waals surface area contributed by atoms with Crippen LogP contribution in [0.2, 0.25) is 0 Å². The van der Waals surface area contributed by atoms with Crippen molar-refractivity contribution in [3.8, 4) is 16.3 Å². The van der Waals surface area contributed by atoms with E-state index in [0.717, 1.165) is 39.5 Å². The molecule has 0 aliphatic carbocycles. The van der Waals surface area contributed by atoms with Crippen molar-refractivity contribution in [1.82, 2.24) is 20.2 Å². The van der Waals surface area contributed by atoms with E-state index in [2.05, 4.69) is 25.5 Å². The van der Waals surface area contributed by atoms with Gasteiger partial charge in [0.25, 0.3) is 11.1 Å². The van der Waals surface area contributed by atoms with E-state index in [9.17, 15) is 4.79 Å². The quantitative estimate of drug-likeness (QED) is 0.773. The fourth-order valence-electron chi connectivity index (χ4n) is 2.48. The van der Waals surface area contributed by atoms with Crippen molar-refractivity contribution in [3.63, 3.8) is 0 Å². The first-order valence-corrected chi connectivity index (χ1v) is 8.39. The summed E-state index contributed by atoms with van der Waals surface area (Å²) in [6, 6.07) is 5.79. The minimum atomic E-state index is -0.298. The summed E-state index contributed by atoms with van der Waals surface area (Å²) in [7, 11) is 1.50. The Labute approximate surface area is 149 Å². The number of pyridine rings is 2. The molecule has 1 N–H and O–H groups in total. The van der Waals surface area contributed by atoms with E-state index in [1.165, 1.54) is 7.11 Å². The number of hydrogen-bond acceptors (Lipinski definition) is 7. The highest BCUT2D eigenvalue weighted by Crippen LogP contribution is 2.27. The molecular weight excluding hydrogens is 338 g/mol. The van der Waals surface area contributed by atoms with E-state index in [-0.39, 0.29) is 5.91 Å². The van der Waals surface area contributed by atoms with Gasteiger partial charge in [0.2, 0.25) is 5.13 Å². The second kappa shape index (κ2) is 6.94. The fraction of sp³-hybridized carbons (Fsp3) is 0.235. The molecule has 25 heavy (non-hydrogen) atoms. The summed E-state index contributed by atoms with van der Waals surface area (Å²) in [5.41, 5.74) is 4.81. The normalized spacial score (nSPS) is 10.6. The maximum Gasteiger partial charge on any atom is 0.295 e. The topological polar surface area (TPSA) is 89.9 Å².